The summed E-state index contributed by atoms with van der Waals surface area (Å²) in [6.45, 7) is 6.81. The zero-order valence-corrected chi connectivity index (χ0v) is 13.2. The van der Waals surface area contributed by atoms with Gasteiger partial charge in [-0.25, -0.2) is 4.68 Å². The molecule has 5 nitrogen and oxygen atoms in total. The van der Waals surface area contributed by atoms with Crippen LogP contribution < -0.4 is 10.5 Å². The van der Waals surface area contributed by atoms with Gasteiger partial charge in [-0.1, -0.05) is 13.8 Å². The summed E-state index contributed by atoms with van der Waals surface area (Å²) in [5.74, 6) is 0.678. The zero-order valence-electron chi connectivity index (χ0n) is 13.2. The van der Waals surface area contributed by atoms with E-state index >= 15 is 0 Å². The van der Waals surface area contributed by atoms with Gasteiger partial charge >= 0.3 is 0 Å². The van der Waals surface area contributed by atoms with E-state index in [1.807, 2.05) is 6.92 Å². The Bertz CT molecular complexity index is 501. The lowest BCUT2D eigenvalue weighted by Crippen LogP contribution is -2.35. The molecule has 0 amide bonds. The summed E-state index contributed by atoms with van der Waals surface area (Å²) in [6.07, 6.45) is 6.23. The molecule has 0 spiro atoms. The summed E-state index contributed by atoms with van der Waals surface area (Å²) in [5.41, 5.74) is 0.896. The van der Waals surface area contributed by atoms with Gasteiger partial charge in [-0.2, -0.15) is 5.10 Å². The van der Waals surface area contributed by atoms with Crippen LogP contribution in [0.2, 0.25) is 0 Å². The number of hydrogen-bond acceptors (Lipinski definition) is 4. The van der Waals surface area contributed by atoms with Crippen LogP contribution in [0.15, 0.2) is 17.1 Å². The maximum atomic E-state index is 12.1. The van der Waals surface area contributed by atoms with Crippen molar-refractivity contribution in [3.63, 3.8) is 0 Å². The topological polar surface area (TPSA) is 58.4 Å². The average molecular weight is 293 g/mol. The van der Waals surface area contributed by atoms with E-state index in [0.29, 0.717) is 12.5 Å². The molecule has 1 saturated heterocycles. The van der Waals surface area contributed by atoms with Crippen molar-refractivity contribution in [3.8, 4) is 0 Å². The second-order valence-electron chi connectivity index (χ2n) is 6.17. The third-order valence-electron chi connectivity index (χ3n) is 4.26. The predicted octanol–water partition coefficient (Wildman–Crippen LogP) is 2.03. The van der Waals surface area contributed by atoms with Crippen LogP contribution in [0.1, 0.15) is 46.0 Å². The molecule has 2 unspecified atom stereocenters. The van der Waals surface area contributed by atoms with E-state index in [1.165, 1.54) is 17.5 Å². The van der Waals surface area contributed by atoms with Gasteiger partial charge < -0.3 is 10.0 Å². The zero-order chi connectivity index (χ0) is 15.2. The van der Waals surface area contributed by atoms with E-state index in [1.54, 1.807) is 12.3 Å². The lowest BCUT2D eigenvalue weighted by Gasteiger charge is -2.32. The van der Waals surface area contributed by atoms with Crippen molar-refractivity contribution in [2.75, 3.05) is 18.0 Å². The first-order chi connectivity index (χ1) is 10.1. The minimum absolute atomic E-state index is 0.0447. The second-order valence-corrected chi connectivity index (χ2v) is 6.17. The summed E-state index contributed by atoms with van der Waals surface area (Å²) >= 11 is 0. The van der Waals surface area contributed by atoms with Crippen LogP contribution in [0, 0.1) is 5.92 Å². The molecule has 0 aliphatic carbocycles. The normalized spacial score (nSPS) is 20.5. The number of anilines is 1. The SMILES string of the molecule is CCC(O)CCCn1ncc(N2CCCC(C)C2)cc1=O. The van der Waals surface area contributed by atoms with E-state index in [9.17, 15) is 9.90 Å². The number of piperidine rings is 1. The van der Waals surface area contributed by atoms with Gasteiger partial charge in [-0.3, -0.25) is 4.79 Å². The fourth-order valence-electron chi connectivity index (χ4n) is 2.87. The Balaban J connectivity index is 1.95. The highest BCUT2D eigenvalue weighted by Gasteiger charge is 2.17. The molecule has 0 radical (unpaired) electrons. The molecule has 0 bridgehead atoms. The van der Waals surface area contributed by atoms with E-state index in [4.69, 9.17) is 0 Å². The summed E-state index contributed by atoms with van der Waals surface area (Å²) in [5, 5.41) is 13.8. The van der Waals surface area contributed by atoms with Gasteiger partial charge in [0.25, 0.3) is 5.56 Å². The first-order valence-electron chi connectivity index (χ1n) is 8.10. The lowest BCUT2D eigenvalue weighted by atomic mass is 10.00. The maximum Gasteiger partial charge on any atom is 0.268 e. The highest BCUT2D eigenvalue weighted by Crippen LogP contribution is 2.20. The van der Waals surface area contributed by atoms with Crippen LogP contribution in [-0.2, 0) is 6.54 Å². The second kappa shape index (κ2) is 7.59. The Labute approximate surface area is 126 Å². The van der Waals surface area contributed by atoms with Gasteiger partial charge in [0.15, 0.2) is 0 Å². The number of aliphatic hydroxyl groups is 1. The van der Waals surface area contributed by atoms with Crippen molar-refractivity contribution in [1.82, 2.24) is 9.78 Å². The fourth-order valence-corrected chi connectivity index (χ4v) is 2.87. The van der Waals surface area contributed by atoms with Crippen LogP contribution in [0.25, 0.3) is 0 Å². The number of aliphatic hydroxyl groups excluding tert-OH is 1. The average Bonchev–Trinajstić information content (AvgIpc) is 2.48. The molecular formula is C16H27N3O2. The quantitative estimate of drug-likeness (QED) is 0.872. The Morgan fingerprint density at radius 2 is 2.33 bits per heavy atom. The summed E-state index contributed by atoms with van der Waals surface area (Å²) < 4.78 is 1.50. The standard InChI is InChI=1S/C16H27N3O2/c1-3-15(20)7-5-9-19-16(21)10-14(11-17-19)18-8-4-6-13(2)12-18/h10-11,13,15,20H,3-9,12H2,1-2H3. The van der Waals surface area contributed by atoms with E-state index in [0.717, 1.165) is 38.0 Å². The number of rotatable bonds is 6. The van der Waals surface area contributed by atoms with Crippen LogP contribution >= 0.6 is 0 Å². The van der Waals surface area contributed by atoms with E-state index in [2.05, 4.69) is 16.9 Å². The summed E-state index contributed by atoms with van der Waals surface area (Å²) in [4.78, 5) is 14.4. The van der Waals surface area contributed by atoms with Gasteiger partial charge in [-0.15, -0.1) is 0 Å². The van der Waals surface area contributed by atoms with Gasteiger partial charge in [0.05, 0.1) is 18.0 Å². The smallest absolute Gasteiger partial charge is 0.268 e. The summed E-state index contributed by atoms with van der Waals surface area (Å²) in [6, 6.07) is 1.70. The molecule has 0 saturated carbocycles. The third-order valence-corrected chi connectivity index (χ3v) is 4.26. The van der Waals surface area contributed by atoms with Crippen molar-refractivity contribution < 1.29 is 5.11 Å². The molecule has 2 atom stereocenters. The van der Waals surface area contributed by atoms with Crippen molar-refractivity contribution in [1.29, 1.82) is 0 Å². The van der Waals surface area contributed by atoms with E-state index in [-0.39, 0.29) is 11.7 Å². The molecule has 2 heterocycles. The molecule has 0 aromatic carbocycles. The monoisotopic (exact) mass is 293 g/mol. The minimum atomic E-state index is -0.269. The van der Waals surface area contributed by atoms with Crippen LogP contribution in [0.4, 0.5) is 5.69 Å². The Morgan fingerprint density at radius 3 is 3.00 bits per heavy atom. The lowest BCUT2D eigenvalue weighted by molar-refractivity contribution is 0.155. The molecule has 118 valence electrons. The molecular weight excluding hydrogens is 266 g/mol. The third kappa shape index (κ3) is 4.56. The highest BCUT2D eigenvalue weighted by molar-refractivity contribution is 5.43. The first-order valence-corrected chi connectivity index (χ1v) is 8.10. The fraction of sp³-hybridized carbons (Fsp3) is 0.750. The predicted molar refractivity (Wildman–Crippen MR) is 84.6 cm³/mol. The van der Waals surface area contributed by atoms with E-state index < -0.39 is 0 Å². The van der Waals surface area contributed by atoms with Crippen molar-refractivity contribution in [2.24, 2.45) is 5.92 Å². The van der Waals surface area contributed by atoms with Crippen molar-refractivity contribution >= 4 is 5.69 Å². The number of nitrogens with zero attached hydrogens (tertiary/aromatic N) is 3. The first kappa shape index (κ1) is 16.0. The molecule has 2 rings (SSSR count). The molecule has 1 aromatic rings. The number of aryl methyl sites for hydroxylation is 1. The Hall–Kier alpha value is -1.36. The summed E-state index contributed by atoms with van der Waals surface area (Å²) in [7, 11) is 0. The number of hydrogen-bond donors (Lipinski definition) is 1. The molecule has 1 aromatic heterocycles. The molecule has 1 N–H and O–H groups in total. The Kier molecular flexibility index (Phi) is 5.79. The van der Waals surface area contributed by atoms with Crippen molar-refractivity contribution in [3.05, 3.63) is 22.6 Å². The largest absolute Gasteiger partial charge is 0.393 e. The maximum absolute atomic E-state index is 12.1. The van der Waals surface area contributed by atoms with Gasteiger partial charge in [0.2, 0.25) is 0 Å². The number of aromatic nitrogens is 2. The van der Waals surface area contributed by atoms with Crippen LogP contribution in [-0.4, -0.2) is 34.1 Å². The minimum Gasteiger partial charge on any atom is -0.393 e. The van der Waals surface area contributed by atoms with Crippen molar-refractivity contribution in [2.45, 2.75) is 58.6 Å². The highest BCUT2D eigenvalue weighted by atomic mass is 16.3. The molecule has 1 aliphatic heterocycles. The van der Waals surface area contributed by atoms with Crippen LogP contribution in [0.5, 0.6) is 0 Å². The van der Waals surface area contributed by atoms with Crippen LogP contribution in [0.3, 0.4) is 0 Å². The molecule has 5 heteroatoms. The Morgan fingerprint density at radius 1 is 1.52 bits per heavy atom. The van der Waals surface area contributed by atoms with Gasteiger partial charge in [0, 0.05) is 25.7 Å². The van der Waals surface area contributed by atoms with Gasteiger partial charge in [0.1, 0.15) is 0 Å². The molecule has 21 heavy (non-hydrogen) atoms. The van der Waals surface area contributed by atoms with Gasteiger partial charge in [-0.05, 0) is 38.0 Å². The molecule has 1 fully saturated rings. The molecule has 1 aliphatic rings.